The molecule has 0 aromatic carbocycles. The zero-order valence-electron chi connectivity index (χ0n) is 9.34. The van der Waals surface area contributed by atoms with Gasteiger partial charge < -0.3 is 4.74 Å². The second kappa shape index (κ2) is 5.98. The molecule has 0 aliphatic carbocycles. The third kappa shape index (κ3) is 7.79. The standard InChI is InChI=1S/C12H22O/c1-6-8-11(13-7-2)9-10-12(3,4)5/h6,9-11H,1,7-8H2,2-5H3/b10-9+. The van der Waals surface area contributed by atoms with Crippen LogP contribution >= 0.6 is 0 Å². The second-order valence-electron chi connectivity index (χ2n) is 4.24. The predicted molar refractivity (Wildman–Crippen MR) is 58.8 cm³/mol. The fourth-order valence-electron chi connectivity index (χ4n) is 0.977. The Morgan fingerprint density at radius 2 is 2.00 bits per heavy atom. The predicted octanol–water partition coefficient (Wildman–Crippen LogP) is 3.57. The molecule has 0 aromatic rings. The van der Waals surface area contributed by atoms with Crippen molar-refractivity contribution in [1.82, 2.24) is 0 Å². The van der Waals surface area contributed by atoms with Gasteiger partial charge in [-0.15, -0.1) is 6.58 Å². The largest absolute Gasteiger partial charge is 0.374 e. The summed E-state index contributed by atoms with van der Waals surface area (Å²) in [4.78, 5) is 0. The number of hydrogen-bond acceptors (Lipinski definition) is 1. The van der Waals surface area contributed by atoms with E-state index in [1.165, 1.54) is 0 Å². The van der Waals surface area contributed by atoms with E-state index < -0.39 is 0 Å². The zero-order chi connectivity index (χ0) is 10.3. The fourth-order valence-corrected chi connectivity index (χ4v) is 0.977. The molecule has 0 aromatic heterocycles. The Morgan fingerprint density at radius 3 is 2.38 bits per heavy atom. The van der Waals surface area contributed by atoms with Gasteiger partial charge in [-0.1, -0.05) is 39.0 Å². The Morgan fingerprint density at radius 1 is 1.38 bits per heavy atom. The summed E-state index contributed by atoms with van der Waals surface area (Å²) in [6, 6.07) is 0. The molecule has 0 bridgehead atoms. The number of allylic oxidation sites excluding steroid dienone is 1. The smallest absolute Gasteiger partial charge is 0.0790 e. The lowest BCUT2D eigenvalue weighted by Gasteiger charge is -2.15. The molecule has 0 heterocycles. The van der Waals surface area contributed by atoms with Crippen molar-refractivity contribution in [3.05, 3.63) is 24.8 Å². The molecule has 0 rings (SSSR count). The number of ether oxygens (including phenoxy) is 1. The maximum Gasteiger partial charge on any atom is 0.0790 e. The second-order valence-corrected chi connectivity index (χ2v) is 4.24. The van der Waals surface area contributed by atoms with Gasteiger partial charge in [0, 0.05) is 6.61 Å². The van der Waals surface area contributed by atoms with Gasteiger partial charge in [-0.3, -0.25) is 0 Å². The molecule has 0 aliphatic heterocycles. The quantitative estimate of drug-likeness (QED) is 0.591. The maximum absolute atomic E-state index is 5.52. The molecular formula is C12H22O. The highest BCUT2D eigenvalue weighted by Crippen LogP contribution is 2.16. The van der Waals surface area contributed by atoms with E-state index in [9.17, 15) is 0 Å². The van der Waals surface area contributed by atoms with E-state index in [1.807, 2.05) is 13.0 Å². The molecule has 76 valence electrons. The molecule has 1 atom stereocenters. The van der Waals surface area contributed by atoms with Crippen molar-refractivity contribution in [3.8, 4) is 0 Å². The lowest BCUT2D eigenvalue weighted by molar-refractivity contribution is 0.0979. The maximum atomic E-state index is 5.52. The van der Waals surface area contributed by atoms with Crippen molar-refractivity contribution in [2.75, 3.05) is 6.61 Å². The molecule has 0 spiro atoms. The Hall–Kier alpha value is -0.560. The Bertz CT molecular complexity index is 162. The normalized spacial score (nSPS) is 14.8. The van der Waals surface area contributed by atoms with Crippen molar-refractivity contribution in [2.24, 2.45) is 5.41 Å². The first kappa shape index (κ1) is 12.4. The molecular weight excluding hydrogens is 160 g/mol. The van der Waals surface area contributed by atoms with Crippen LogP contribution in [0, 0.1) is 5.41 Å². The van der Waals surface area contributed by atoms with Crippen molar-refractivity contribution in [3.63, 3.8) is 0 Å². The molecule has 0 saturated heterocycles. The van der Waals surface area contributed by atoms with Gasteiger partial charge in [-0.05, 0) is 18.8 Å². The Balaban J connectivity index is 4.07. The minimum Gasteiger partial charge on any atom is -0.374 e. The van der Waals surface area contributed by atoms with Gasteiger partial charge in [0.1, 0.15) is 0 Å². The summed E-state index contributed by atoms with van der Waals surface area (Å²) in [5, 5.41) is 0. The van der Waals surface area contributed by atoms with Crippen molar-refractivity contribution >= 4 is 0 Å². The minimum absolute atomic E-state index is 0.196. The van der Waals surface area contributed by atoms with Crippen LogP contribution in [0.4, 0.5) is 0 Å². The van der Waals surface area contributed by atoms with E-state index in [0.29, 0.717) is 0 Å². The monoisotopic (exact) mass is 182 g/mol. The fraction of sp³-hybridized carbons (Fsp3) is 0.667. The van der Waals surface area contributed by atoms with E-state index >= 15 is 0 Å². The van der Waals surface area contributed by atoms with Crippen LogP contribution in [0.25, 0.3) is 0 Å². The van der Waals surface area contributed by atoms with Gasteiger partial charge in [0.2, 0.25) is 0 Å². The third-order valence-corrected chi connectivity index (χ3v) is 1.59. The number of hydrogen-bond donors (Lipinski definition) is 0. The summed E-state index contributed by atoms with van der Waals surface area (Å²) < 4.78 is 5.52. The number of rotatable bonds is 5. The van der Waals surface area contributed by atoms with Crippen LogP contribution in [-0.4, -0.2) is 12.7 Å². The summed E-state index contributed by atoms with van der Waals surface area (Å²) in [5.74, 6) is 0. The lowest BCUT2D eigenvalue weighted by atomic mass is 9.95. The van der Waals surface area contributed by atoms with E-state index in [1.54, 1.807) is 0 Å². The summed E-state index contributed by atoms with van der Waals surface area (Å²) in [5.41, 5.74) is 0.233. The van der Waals surface area contributed by atoms with Gasteiger partial charge >= 0.3 is 0 Å². The highest BCUT2D eigenvalue weighted by Gasteiger charge is 2.06. The summed E-state index contributed by atoms with van der Waals surface area (Å²) >= 11 is 0. The highest BCUT2D eigenvalue weighted by molar-refractivity contribution is 4.98. The Labute approximate surface area is 82.5 Å². The minimum atomic E-state index is 0.196. The first-order valence-electron chi connectivity index (χ1n) is 4.91. The van der Waals surface area contributed by atoms with Gasteiger partial charge in [0.05, 0.1) is 6.10 Å². The van der Waals surface area contributed by atoms with Crippen LogP contribution in [0.1, 0.15) is 34.1 Å². The zero-order valence-corrected chi connectivity index (χ0v) is 9.34. The average molecular weight is 182 g/mol. The van der Waals surface area contributed by atoms with Gasteiger partial charge in [0.25, 0.3) is 0 Å². The summed E-state index contributed by atoms with van der Waals surface area (Å²) in [6.07, 6.45) is 7.30. The topological polar surface area (TPSA) is 9.23 Å². The summed E-state index contributed by atoms with van der Waals surface area (Å²) in [6.45, 7) is 13.0. The molecule has 0 saturated carbocycles. The molecule has 0 amide bonds. The first-order valence-corrected chi connectivity index (χ1v) is 4.91. The summed E-state index contributed by atoms with van der Waals surface area (Å²) in [7, 11) is 0. The highest BCUT2D eigenvalue weighted by atomic mass is 16.5. The van der Waals surface area contributed by atoms with Crippen molar-refractivity contribution in [1.29, 1.82) is 0 Å². The molecule has 0 N–H and O–H groups in total. The SMILES string of the molecule is C=CCC(/C=C/C(C)(C)C)OCC. The molecule has 0 aliphatic rings. The van der Waals surface area contributed by atoms with Gasteiger partial charge in [-0.25, -0.2) is 0 Å². The molecule has 1 nitrogen and oxygen atoms in total. The molecule has 1 heteroatoms. The average Bonchev–Trinajstić information content (AvgIpc) is 2.00. The molecule has 1 unspecified atom stereocenters. The first-order chi connectivity index (χ1) is 5.99. The lowest BCUT2D eigenvalue weighted by Crippen LogP contribution is -2.10. The van der Waals surface area contributed by atoms with Crippen LogP contribution in [0.3, 0.4) is 0 Å². The van der Waals surface area contributed by atoms with E-state index in [0.717, 1.165) is 13.0 Å². The third-order valence-electron chi connectivity index (χ3n) is 1.59. The molecule has 13 heavy (non-hydrogen) atoms. The van der Waals surface area contributed by atoms with Crippen LogP contribution in [0.15, 0.2) is 24.8 Å². The molecule has 0 fully saturated rings. The van der Waals surface area contributed by atoms with Crippen LogP contribution in [-0.2, 0) is 4.74 Å². The van der Waals surface area contributed by atoms with E-state index in [2.05, 4.69) is 39.5 Å². The van der Waals surface area contributed by atoms with Gasteiger partial charge in [-0.2, -0.15) is 0 Å². The van der Waals surface area contributed by atoms with Gasteiger partial charge in [0.15, 0.2) is 0 Å². The van der Waals surface area contributed by atoms with Crippen LogP contribution < -0.4 is 0 Å². The van der Waals surface area contributed by atoms with Crippen molar-refractivity contribution < 1.29 is 4.74 Å². The van der Waals surface area contributed by atoms with E-state index in [4.69, 9.17) is 4.74 Å². The molecule has 0 radical (unpaired) electrons. The Kier molecular flexibility index (Phi) is 5.72. The van der Waals surface area contributed by atoms with E-state index in [-0.39, 0.29) is 11.5 Å². The van der Waals surface area contributed by atoms with Crippen LogP contribution in [0.5, 0.6) is 0 Å². The van der Waals surface area contributed by atoms with Crippen LogP contribution in [0.2, 0.25) is 0 Å². The van der Waals surface area contributed by atoms with Crippen molar-refractivity contribution in [2.45, 2.75) is 40.2 Å².